The molecule has 0 bridgehead atoms. The van der Waals surface area contributed by atoms with Crippen LogP contribution in [-0.4, -0.2) is 29.8 Å². The summed E-state index contributed by atoms with van der Waals surface area (Å²) in [5.74, 6) is 1.04. The molecule has 0 saturated heterocycles. The first-order chi connectivity index (χ1) is 9.26. The predicted octanol–water partition coefficient (Wildman–Crippen LogP) is 2.84. The summed E-state index contributed by atoms with van der Waals surface area (Å²) < 4.78 is 7.63. The highest BCUT2D eigenvalue weighted by molar-refractivity contribution is 6.31. The first kappa shape index (κ1) is 14.3. The zero-order valence-electron chi connectivity index (χ0n) is 11.4. The first-order valence-electron chi connectivity index (χ1n) is 6.63. The van der Waals surface area contributed by atoms with Crippen molar-refractivity contribution in [3.63, 3.8) is 0 Å². The summed E-state index contributed by atoms with van der Waals surface area (Å²) in [4.78, 5) is 4.64. The Morgan fingerprint density at radius 1 is 1.42 bits per heavy atom. The summed E-state index contributed by atoms with van der Waals surface area (Å²) >= 11 is 6.02. The highest BCUT2D eigenvalue weighted by atomic mass is 35.5. The molecule has 0 aliphatic carbocycles. The fourth-order valence-corrected chi connectivity index (χ4v) is 2.33. The van der Waals surface area contributed by atoms with Crippen molar-refractivity contribution < 1.29 is 4.74 Å². The topological polar surface area (TPSA) is 39.1 Å². The molecule has 0 atom stereocenters. The molecule has 0 spiro atoms. The van der Waals surface area contributed by atoms with Gasteiger partial charge in [0.2, 0.25) is 0 Å². The van der Waals surface area contributed by atoms with Crippen LogP contribution in [0.5, 0.6) is 0 Å². The summed E-state index contributed by atoms with van der Waals surface area (Å²) in [5, 5.41) is 3.88. The van der Waals surface area contributed by atoms with Crippen molar-refractivity contribution in [1.82, 2.24) is 14.9 Å². The van der Waals surface area contributed by atoms with E-state index in [1.165, 1.54) is 0 Å². The molecule has 1 heterocycles. The van der Waals surface area contributed by atoms with Gasteiger partial charge in [-0.2, -0.15) is 0 Å². The Morgan fingerprint density at radius 3 is 3.00 bits per heavy atom. The molecule has 0 saturated carbocycles. The fourth-order valence-electron chi connectivity index (χ4n) is 2.16. The molecule has 19 heavy (non-hydrogen) atoms. The second-order valence-corrected chi connectivity index (χ2v) is 4.83. The van der Waals surface area contributed by atoms with E-state index < -0.39 is 0 Å². The highest BCUT2D eigenvalue weighted by Crippen LogP contribution is 2.21. The number of aromatic nitrogens is 2. The predicted molar refractivity (Wildman–Crippen MR) is 78.6 cm³/mol. The second-order valence-electron chi connectivity index (χ2n) is 4.39. The van der Waals surface area contributed by atoms with Gasteiger partial charge in [-0.25, -0.2) is 4.98 Å². The van der Waals surface area contributed by atoms with Crippen LogP contribution >= 0.6 is 11.6 Å². The number of benzene rings is 1. The summed E-state index contributed by atoms with van der Waals surface area (Å²) in [7, 11) is 1.93. The van der Waals surface area contributed by atoms with Crippen LogP contribution in [0.2, 0.25) is 5.02 Å². The van der Waals surface area contributed by atoms with Crippen molar-refractivity contribution in [3.8, 4) is 0 Å². The van der Waals surface area contributed by atoms with Gasteiger partial charge in [-0.1, -0.05) is 11.6 Å². The Balaban J connectivity index is 2.24. The Labute approximate surface area is 118 Å². The monoisotopic (exact) mass is 281 g/mol. The molecule has 0 amide bonds. The fraction of sp³-hybridized carbons (Fsp3) is 0.500. The minimum atomic E-state index is 0.725. The molecule has 1 N–H and O–H groups in total. The van der Waals surface area contributed by atoms with Crippen molar-refractivity contribution in [2.24, 2.45) is 0 Å². The lowest BCUT2D eigenvalue weighted by atomic mass is 10.3. The number of fused-ring (bicyclic) bond motifs is 1. The summed E-state index contributed by atoms with van der Waals surface area (Å²) in [6, 6.07) is 5.85. The third-order valence-corrected chi connectivity index (χ3v) is 3.23. The lowest BCUT2D eigenvalue weighted by Crippen LogP contribution is -2.13. The van der Waals surface area contributed by atoms with E-state index in [0.29, 0.717) is 0 Å². The summed E-state index contributed by atoms with van der Waals surface area (Å²) in [5.41, 5.74) is 2.08. The molecule has 0 aliphatic heterocycles. The van der Waals surface area contributed by atoms with Gasteiger partial charge in [0, 0.05) is 24.8 Å². The van der Waals surface area contributed by atoms with Crippen LogP contribution in [0.1, 0.15) is 19.2 Å². The molecular formula is C14H20ClN3O. The first-order valence-corrected chi connectivity index (χ1v) is 7.01. The number of rotatable bonds is 7. The van der Waals surface area contributed by atoms with Crippen LogP contribution in [0.15, 0.2) is 18.2 Å². The molecule has 5 heteroatoms. The van der Waals surface area contributed by atoms with Crippen molar-refractivity contribution in [2.75, 3.05) is 20.3 Å². The van der Waals surface area contributed by atoms with Gasteiger partial charge in [0.05, 0.1) is 17.6 Å². The quantitative estimate of drug-likeness (QED) is 0.793. The molecule has 0 aliphatic rings. The number of nitrogens with one attached hydrogen (secondary N) is 1. The maximum atomic E-state index is 6.02. The van der Waals surface area contributed by atoms with Gasteiger partial charge >= 0.3 is 0 Å². The van der Waals surface area contributed by atoms with E-state index in [-0.39, 0.29) is 0 Å². The molecule has 0 radical (unpaired) electrons. The van der Waals surface area contributed by atoms with Gasteiger partial charge in [-0.15, -0.1) is 0 Å². The van der Waals surface area contributed by atoms with E-state index in [0.717, 1.165) is 54.6 Å². The van der Waals surface area contributed by atoms with Crippen LogP contribution < -0.4 is 5.32 Å². The van der Waals surface area contributed by atoms with Gasteiger partial charge in [0.15, 0.2) is 0 Å². The second kappa shape index (κ2) is 6.89. The maximum Gasteiger partial charge on any atom is 0.123 e. The van der Waals surface area contributed by atoms with Crippen LogP contribution in [0, 0.1) is 0 Å². The van der Waals surface area contributed by atoms with Crippen molar-refractivity contribution in [3.05, 3.63) is 29.0 Å². The largest absolute Gasteiger partial charge is 0.382 e. The van der Waals surface area contributed by atoms with E-state index in [9.17, 15) is 0 Å². The van der Waals surface area contributed by atoms with Crippen LogP contribution in [0.3, 0.4) is 0 Å². The number of imidazole rings is 1. The van der Waals surface area contributed by atoms with Gasteiger partial charge < -0.3 is 14.6 Å². The molecule has 0 fully saturated rings. The zero-order valence-corrected chi connectivity index (χ0v) is 12.2. The Bertz CT molecular complexity index is 539. The molecule has 1 aromatic heterocycles. The third kappa shape index (κ3) is 3.47. The molecule has 2 aromatic rings. The van der Waals surface area contributed by atoms with Crippen LogP contribution in [0.4, 0.5) is 0 Å². The van der Waals surface area contributed by atoms with Crippen molar-refractivity contribution in [2.45, 2.75) is 26.4 Å². The third-order valence-electron chi connectivity index (χ3n) is 3.00. The molecule has 0 unspecified atom stereocenters. The van der Waals surface area contributed by atoms with Gasteiger partial charge in [-0.05, 0) is 38.6 Å². The molecule has 1 aromatic carbocycles. The average molecular weight is 282 g/mol. The smallest absolute Gasteiger partial charge is 0.123 e. The van der Waals surface area contributed by atoms with E-state index >= 15 is 0 Å². The average Bonchev–Trinajstić information content (AvgIpc) is 2.72. The van der Waals surface area contributed by atoms with E-state index in [1.807, 2.05) is 32.2 Å². The molecule has 4 nitrogen and oxygen atoms in total. The Kier molecular flexibility index (Phi) is 5.19. The van der Waals surface area contributed by atoms with Crippen LogP contribution in [0.25, 0.3) is 11.0 Å². The SMILES string of the molecule is CCOCCCn1c(CNC)nc2cc(Cl)ccc21. The van der Waals surface area contributed by atoms with Crippen molar-refractivity contribution in [1.29, 1.82) is 0 Å². The van der Waals surface area contributed by atoms with Gasteiger partial charge in [-0.3, -0.25) is 0 Å². The van der Waals surface area contributed by atoms with Gasteiger partial charge in [0.25, 0.3) is 0 Å². The van der Waals surface area contributed by atoms with E-state index in [1.54, 1.807) is 0 Å². The number of ether oxygens (including phenoxy) is 1. The van der Waals surface area contributed by atoms with Crippen LogP contribution in [-0.2, 0) is 17.8 Å². The Hall–Kier alpha value is -1.10. The van der Waals surface area contributed by atoms with E-state index in [2.05, 4.69) is 14.9 Å². The number of hydrogen-bond acceptors (Lipinski definition) is 3. The van der Waals surface area contributed by atoms with E-state index in [4.69, 9.17) is 16.3 Å². The lowest BCUT2D eigenvalue weighted by Gasteiger charge is -2.09. The zero-order chi connectivity index (χ0) is 13.7. The Morgan fingerprint density at radius 2 is 2.26 bits per heavy atom. The summed E-state index contributed by atoms with van der Waals surface area (Å²) in [6.45, 7) is 5.23. The minimum absolute atomic E-state index is 0.725. The minimum Gasteiger partial charge on any atom is -0.382 e. The molecule has 104 valence electrons. The highest BCUT2D eigenvalue weighted by Gasteiger charge is 2.10. The normalized spacial score (nSPS) is 11.3. The van der Waals surface area contributed by atoms with Gasteiger partial charge in [0.1, 0.15) is 5.82 Å². The molecule has 2 rings (SSSR count). The van der Waals surface area contributed by atoms with Crippen molar-refractivity contribution >= 4 is 22.6 Å². The maximum absolute atomic E-state index is 6.02. The number of hydrogen-bond donors (Lipinski definition) is 1. The summed E-state index contributed by atoms with van der Waals surface area (Å²) in [6.07, 6.45) is 0.985. The number of aryl methyl sites for hydroxylation is 1. The lowest BCUT2D eigenvalue weighted by molar-refractivity contribution is 0.141. The molecular weight excluding hydrogens is 262 g/mol. The number of halogens is 1. The number of nitrogens with zero attached hydrogens (tertiary/aromatic N) is 2. The standard InChI is InChI=1S/C14H20ClN3O/c1-3-19-8-4-7-18-13-6-5-11(15)9-12(13)17-14(18)10-16-2/h5-6,9,16H,3-4,7-8,10H2,1-2H3.